The minimum absolute atomic E-state index is 0.0296. The summed E-state index contributed by atoms with van der Waals surface area (Å²) in [6, 6.07) is 7.65. The van der Waals surface area contributed by atoms with E-state index in [1.54, 1.807) is 6.92 Å². The first-order valence-corrected chi connectivity index (χ1v) is 5.78. The second kappa shape index (κ2) is 6.91. The van der Waals surface area contributed by atoms with Crippen molar-refractivity contribution in [3.8, 4) is 5.75 Å². The van der Waals surface area contributed by atoms with Gasteiger partial charge in [-0.25, -0.2) is 0 Å². The van der Waals surface area contributed by atoms with Crippen molar-refractivity contribution in [3.05, 3.63) is 29.8 Å². The van der Waals surface area contributed by atoms with E-state index in [1.807, 2.05) is 24.3 Å². The third-order valence-electron chi connectivity index (χ3n) is 2.30. The summed E-state index contributed by atoms with van der Waals surface area (Å²) in [6.45, 7) is 3.92. The van der Waals surface area contributed by atoms with Crippen molar-refractivity contribution >= 4 is 5.91 Å². The van der Waals surface area contributed by atoms with E-state index in [0.717, 1.165) is 6.42 Å². The summed E-state index contributed by atoms with van der Waals surface area (Å²) in [5.74, 6) is 0.444. The molecule has 1 aromatic rings. The van der Waals surface area contributed by atoms with Crippen molar-refractivity contribution in [1.82, 2.24) is 5.32 Å². The Labute approximate surface area is 102 Å². The highest BCUT2D eigenvalue weighted by molar-refractivity contribution is 5.77. The van der Waals surface area contributed by atoms with Gasteiger partial charge in [-0.3, -0.25) is 4.79 Å². The summed E-state index contributed by atoms with van der Waals surface area (Å²) in [7, 11) is 0. The second-order valence-electron chi connectivity index (χ2n) is 3.94. The highest BCUT2D eigenvalue weighted by Crippen LogP contribution is 2.12. The lowest BCUT2D eigenvalue weighted by Crippen LogP contribution is -2.34. The standard InChI is InChI=1S/C13H19NO3/c1-3-11-4-6-12(7-5-11)17-9-13(16)14-8-10(2)15/h4-7,10,15H,3,8-9H2,1-2H3,(H,14,16)/t10-/m1/s1. The lowest BCUT2D eigenvalue weighted by atomic mass is 10.2. The fourth-order valence-corrected chi connectivity index (χ4v) is 1.28. The zero-order valence-corrected chi connectivity index (χ0v) is 10.3. The van der Waals surface area contributed by atoms with Gasteiger partial charge >= 0.3 is 0 Å². The number of hydrogen-bond donors (Lipinski definition) is 2. The quantitative estimate of drug-likeness (QED) is 0.779. The molecule has 1 aromatic carbocycles. The van der Waals surface area contributed by atoms with Crippen LogP contribution >= 0.6 is 0 Å². The Balaban J connectivity index is 2.31. The zero-order valence-electron chi connectivity index (χ0n) is 10.3. The fourth-order valence-electron chi connectivity index (χ4n) is 1.28. The van der Waals surface area contributed by atoms with Gasteiger partial charge in [-0.2, -0.15) is 0 Å². The number of aliphatic hydroxyl groups excluding tert-OH is 1. The monoisotopic (exact) mass is 237 g/mol. The molecule has 0 aliphatic rings. The number of rotatable bonds is 6. The summed E-state index contributed by atoms with van der Waals surface area (Å²) in [5.41, 5.74) is 1.23. The van der Waals surface area contributed by atoms with Crippen molar-refractivity contribution < 1.29 is 14.6 Å². The summed E-state index contributed by atoms with van der Waals surface area (Å²) in [6.07, 6.45) is 0.442. The Kier molecular flexibility index (Phi) is 5.49. The van der Waals surface area contributed by atoms with E-state index in [9.17, 15) is 4.79 Å². The van der Waals surface area contributed by atoms with E-state index in [-0.39, 0.29) is 19.1 Å². The smallest absolute Gasteiger partial charge is 0.258 e. The van der Waals surface area contributed by atoms with Gasteiger partial charge in [-0.05, 0) is 31.0 Å². The van der Waals surface area contributed by atoms with Gasteiger partial charge in [0, 0.05) is 6.54 Å². The second-order valence-corrected chi connectivity index (χ2v) is 3.94. The predicted octanol–water partition coefficient (Wildman–Crippen LogP) is 1.12. The minimum atomic E-state index is -0.539. The van der Waals surface area contributed by atoms with E-state index < -0.39 is 6.10 Å². The lowest BCUT2D eigenvalue weighted by molar-refractivity contribution is -0.123. The number of benzene rings is 1. The summed E-state index contributed by atoms with van der Waals surface area (Å²) in [5, 5.41) is 11.5. The molecule has 0 saturated carbocycles. The van der Waals surface area contributed by atoms with E-state index in [4.69, 9.17) is 9.84 Å². The van der Waals surface area contributed by atoms with Crippen molar-refractivity contribution in [2.75, 3.05) is 13.2 Å². The maximum absolute atomic E-state index is 11.3. The van der Waals surface area contributed by atoms with Crippen LogP contribution in [-0.2, 0) is 11.2 Å². The maximum Gasteiger partial charge on any atom is 0.258 e. The van der Waals surface area contributed by atoms with Crippen LogP contribution in [0.5, 0.6) is 5.75 Å². The first kappa shape index (κ1) is 13.5. The van der Waals surface area contributed by atoms with Crippen LogP contribution in [0.15, 0.2) is 24.3 Å². The van der Waals surface area contributed by atoms with Gasteiger partial charge in [0.1, 0.15) is 5.75 Å². The molecule has 1 atom stereocenters. The highest BCUT2D eigenvalue weighted by atomic mass is 16.5. The molecule has 0 fully saturated rings. The molecule has 94 valence electrons. The number of nitrogens with one attached hydrogen (secondary N) is 1. The zero-order chi connectivity index (χ0) is 12.7. The summed E-state index contributed by atoms with van der Waals surface area (Å²) < 4.78 is 5.31. The molecule has 0 bridgehead atoms. The molecule has 0 aliphatic carbocycles. The van der Waals surface area contributed by atoms with Crippen molar-refractivity contribution in [3.63, 3.8) is 0 Å². The molecule has 0 aromatic heterocycles. The third kappa shape index (κ3) is 5.36. The molecule has 0 radical (unpaired) electrons. The molecule has 1 rings (SSSR count). The fraction of sp³-hybridized carbons (Fsp3) is 0.462. The Bertz CT molecular complexity index is 346. The van der Waals surface area contributed by atoms with E-state index in [2.05, 4.69) is 12.2 Å². The normalized spacial score (nSPS) is 11.9. The van der Waals surface area contributed by atoms with Crippen LogP contribution in [0.2, 0.25) is 0 Å². The highest BCUT2D eigenvalue weighted by Gasteiger charge is 2.03. The van der Waals surface area contributed by atoms with Crippen LogP contribution < -0.4 is 10.1 Å². The molecule has 1 amide bonds. The number of ether oxygens (including phenoxy) is 1. The van der Waals surface area contributed by atoms with E-state index >= 15 is 0 Å². The predicted molar refractivity (Wildman–Crippen MR) is 66.0 cm³/mol. The number of aliphatic hydroxyl groups is 1. The van der Waals surface area contributed by atoms with Crippen molar-refractivity contribution in [1.29, 1.82) is 0 Å². The van der Waals surface area contributed by atoms with E-state index in [0.29, 0.717) is 5.75 Å². The molecule has 17 heavy (non-hydrogen) atoms. The van der Waals surface area contributed by atoms with Crippen molar-refractivity contribution in [2.45, 2.75) is 26.4 Å². The third-order valence-corrected chi connectivity index (χ3v) is 2.30. The molecule has 0 unspecified atom stereocenters. The van der Waals surface area contributed by atoms with Gasteiger partial charge in [0.15, 0.2) is 6.61 Å². The molecule has 2 N–H and O–H groups in total. The summed E-state index contributed by atoms with van der Waals surface area (Å²) in [4.78, 5) is 11.3. The lowest BCUT2D eigenvalue weighted by Gasteiger charge is -2.09. The Hall–Kier alpha value is -1.55. The van der Waals surface area contributed by atoms with Crippen LogP contribution in [-0.4, -0.2) is 30.3 Å². The van der Waals surface area contributed by atoms with Crippen LogP contribution in [0.3, 0.4) is 0 Å². The Morgan fingerprint density at radius 2 is 2.06 bits per heavy atom. The molecule has 4 heteroatoms. The van der Waals surface area contributed by atoms with Gasteiger partial charge in [0.2, 0.25) is 0 Å². The SMILES string of the molecule is CCc1ccc(OCC(=O)NC[C@@H](C)O)cc1. The van der Waals surface area contributed by atoms with Crippen molar-refractivity contribution in [2.24, 2.45) is 0 Å². The topological polar surface area (TPSA) is 58.6 Å². The summed E-state index contributed by atoms with van der Waals surface area (Å²) >= 11 is 0. The number of carbonyl (C=O) groups excluding carboxylic acids is 1. The van der Waals surface area contributed by atoms with Gasteiger partial charge < -0.3 is 15.2 Å². The largest absolute Gasteiger partial charge is 0.484 e. The molecular formula is C13H19NO3. The van der Waals surface area contributed by atoms with Crippen LogP contribution in [0, 0.1) is 0 Å². The number of carbonyl (C=O) groups is 1. The molecule has 0 saturated heterocycles. The molecule has 0 spiro atoms. The Morgan fingerprint density at radius 3 is 2.59 bits per heavy atom. The van der Waals surface area contributed by atoms with Crippen LogP contribution in [0.25, 0.3) is 0 Å². The van der Waals surface area contributed by atoms with E-state index in [1.165, 1.54) is 5.56 Å². The Morgan fingerprint density at radius 1 is 1.41 bits per heavy atom. The average Bonchev–Trinajstić information content (AvgIpc) is 2.34. The number of amides is 1. The van der Waals surface area contributed by atoms with Crippen LogP contribution in [0.4, 0.5) is 0 Å². The molecular weight excluding hydrogens is 218 g/mol. The molecule has 0 aliphatic heterocycles. The molecule has 0 heterocycles. The number of aryl methyl sites for hydroxylation is 1. The van der Waals surface area contributed by atoms with Gasteiger partial charge in [-0.1, -0.05) is 19.1 Å². The minimum Gasteiger partial charge on any atom is -0.484 e. The molecule has 4 nitrogen and oxygen atoms in total. The van der Waals surface area contributed by atoms with Gasteiger partial charge in [0.05, 0.1) is 6.10 Å². The van der Waals surface area contributed by atoms with Crippen LogP contribution in [0.1, 0.15) is 19.4 Å². The first-order valence-electron chi connectivity index (χ1n) is 5.78. The van der Waals surface area contributed by atoms with Gasteiger partial charge in [0.25, 0.3) is 5.91 Å². The van der Waals surface area contributed by atoms with Gasteiger partial charge in [-0.15, -0.1) is 0 Å². The average molecular weight is 237 g/mol. The maximum atomic E-state index is 11.3. The first-order chi connectivity index (χ1) is 8.11. The number of hydrogen-bond acceptors (Lipinski definition) is 3.